The van der Waals surface area contributed by atoms with Crippen LogP contribution in [-0.4, -0.2) is 53.2 Å². The van der Waals surface area contributed by atoms with Gasteiger partial charge >= 0.3 is 0 Å². The zero-order valence-electron chi connectivity index (χ0n) is 13.2. The zero-order valence-corrected chi connectivity index (χ0v) is 13.9. The third kappa shape index (κ3) is 4.08. The van der Waals surface area contributed by atoms with Crippen LogP contribution in [0.15, 0.2) is 30.3 Å². The van der Waals surface area contributed by atoms with Gasteiger partial charge in [0.1, 0.15) is 5.15 Å². The summed E-state index contributed by atoms with van der Waals surface area (Å²) in [6.07, 6.45) is -0.523. The van der Waals surface area contributed by atoms with Crippen molar-refractivity contribution in [2.75, 3.05) is 27.3 Å². The molecule has 1 N–H and O–H groups in total. The van der Waals surface area contributed by atoms with Gasteiger partial charge in [-0.15, -0.1) is 0 Å². The van der Waals surface area contributed by atoms with Crippen LogP contribution in [0.2, 0.25) is 5.15 Å². The minimum Gasteiger partial charge on any atom is -0.389 e. The van der Waals surface area contributed by atoms with Gasteiger partial charge in [0.2, 0.25) is 0 Å². The Kier molecular flexibility index (Phi) is 5.97. The van der Waals surface area contributed by atoms with E-state index in [2.05, 4.69) is 5.10 Å². The summed E-state index contributed by atoms with van der Waals surface area (Å²) in [6.45, 7) is 1.43. The summed E-state index contributed by atoms with van der Waals surface area (Å²) in [7, 11) is 5.35. The standard InChI is InChI=1S/C16H22ClN3O2/c1-19(9-13(21)11-22-3)10-14-15(18-20(2)16(14)17)12-7-5-4-6-8-12/h4-8,13,21H,9-11H2,1-3H3. The summed E-state index contributed by atoms with van der Waals surface area (Å²) in [6, 6.07) is 9.96. The van der Waals surface area contributed by atoms with Crippen LogP contribution in [0.4, 0.5) is 0 Å². The number of benzene rings is 1. The van der Waals surface area contributed by atoms with E-state index in [0.717, 1.165) is 16.8 Å². The number of hydrogen-bond acceptors (Lipinski definition) is 4. The zero-order chi connectivity index (χ0) is 16.1. The van der Waals surface area contributed by atoms with E-state index in [-0.39, 0.29) is 0 Å². The lowest BCUT2D eigenvalue weighted by atomic mass is 10.1. The van der Waals surface area contributed by atoms with Gasteiger partial charge in [0, 0.05) is 38.4 Å². The highest BCUT2D eigenvalue weighted by molar-refractivity contribution is 6.30. The van der Waals surface area contributed by atoms with Crippen molar-refractivity contribution in [1.82, 2.24) is 14.7 Å². The van der Waals surface area contributed by atoms with Crippen molar-refractivity contribution in [3.63, 3.8) is 0 Å². The van der Waals surface area contributed by atoms with Crippen molar-refractivity contribution >= 4 is 11.6 Å². The lowest BCUT2D eigenvalue weighted by molar-refractivity contribution is 0.0419. The molecule has 0 radical (unpaired) electrons. The Labute approximate surface area is 136 Å². The Balaban J connectivity index is 2.20. The number of nitrogens with zero attached hydrogens (tertiary/aromatic N) is 3. The first-order chi connectivity index (χ1) is 10.5. The number of likely N-dealkylation sites (N-methyl/N-ethyl adjacent to an activating group) is 1. The molecule has 1 atom stereocenters. The highest BCUT2D eigenvalue weighted by Gasteiger charge is 2.18. The Morgan fingerprint density at radius 1 is 1.36 bits per heavy atom. The molecule has 1 aromatic carbocycles. The molecule has 0 saturated heterocycles. The minimum absolute atomic E-state index is 0.316. The molecule has 120 valence electrons. The van der Waals surface area contributed by atoms with Crippen LogP contribution in [0.1, 0.15) is 5.56 Å². The molecule has 0 aliphatic carbocycles. The lowest BCUT2D eigenvalue weighted by Gasteiger charge is -2.20. The Morgan fingerprint density at radius 2 is 2.05 bits per heavy atom. The van der Waals surface area contributed by atoms with Crippen LogP contribution < -0.4 is 0 Å². The van der Waals surface area contributed by atoms with Crippen LogP contribution in [0.25, 0.3) is 11.3 Å². The number of aliphatic hydroxyl groups is 1. The minimum atomic E-state index is -0.523. The Morgan fingerprint density at radius 3 is 2.68 bits per heavy atom. The first kappa shape index (κ1) is 17.0. The van der Waals surface area contributed by atoms with Gasteiger partial charge in [0.15, 0.2) is 0 Å². The van der Waals surface area contributed by atoms with Crippen LogP contribution in [0, 0.1) is 0 Å². The molecule has 6 heteroatoms. The fourth-order valence-corrected chi connectivity index (χ4v) is 2.64. The van der Waals surface area contributed by atoms with E-state index in [9.17, 15) is 5.11 Å². The van der Waals surface area contributed by atoms with E-state index in [4.69, 9.17) is 16.3 Å². The van der Waals surface area contributed by atoms with Gasteiger partial charge in [-0.2, -0.15) is 5.10 Å². The molecule has 0 aliphatic rings. The van der Waals surface area contributed by atoms with Crippen LogP contribution in [-0.2, 0) is 18.3 Å². The van der Waals surface area contributed by atoms with Crippen LogP contribution in [0.3, 0.4) is 0 Å². The molecular weight excluding hydrogens is 302 g/mol. The molecular formula is C16H22ClN3O2. The maximum Gasteiger partial charge on any atom is 0.131 e. The van der Waals surface area contributed by atoms with Gasteiger partial charge in [0.25, 0.3) is 0 Å². The highest BCUT2D eigenvalue weighted by Crippen LogP contribution is 2.29. The van der Waals surface area contributed by atoms with E-state index in [1.165, 1.54) is 0 Å². The van der Waals surface area contributed by atoms with Crippen molar-refractivity contribution in [3.8, 4) is 11.3 Å². The third-order valence-electron chi connectivity index (χ3n) is 3.43. The molecule has 2 aromatic rings. The summed E-state index contributed by atoms with van der Waals surface area (Å²) in [4.78, 5) is 2.01. The number of halogens is 1. The van der Waals surface area contributed by atoms with Crippen molar-refractivity contribution in [1.29, 1.82) is 0 Å². The van der Waals surface area contributed by atoms with Gasteiger partial charge in [-0.1, -0.05) is 41.9 Å². The van der Waals surface area contributed by atoms with E-state index in [1.54, 1.807) is 11.8 Å². The van der Waals surface area contributed by atoms with E-state index in [0.29, 0.717) is 24.8 Å². The van der Waals surface area contributed by atoms with Crippen molar-refractivity contribution in [2.45, 2.75) is 12.6 Å². The van der Waals surface area contributed by atoms with Gasteiger partial charge in [0.05, 0.1) is 18.4 Å². The number of hydrogen-bond donors (Lipinski definition) is 1. The fourth-order valence-electron chi connectivity index (χ4n) is 2.45. The quantitative estimate of drug-likeness (QED) is 0.848. The fraction of sp³-hybridized carbons (Fsp3) is 0.438. The van der Waals surface area contributed by atoms with Crippen molar-refractivity contribution < 1.29 is 9.84 Å². The van der Waals surface area contributed by atoms with E-state index < -0.39 is 6.10 Å². The first-order valence-electron chi connectivity index (χ1n) is 7.15. The molecule has 0 saturated carbocycles. The molecule has 0 bridgehead atoms. The van der Waals surface area contributed by atoms with Crippen molar-refractivity contribution in [3.05, 3.63) is 41.0 Å². The van der Waals surface area contributed by atoms with Crippen LogP contribution >= 0.6 is 11.6 Å². The molecule has 0 amide bonds. The summed E-state index contributed by atoms with van der Waals surface area (Å²) in [5.41, 5.74) is 2.87. The normalized spacial score (nSPS) is 12.8. The number of aryl methyl sites for hydroxylation is 1. The third-order valence-corrected chi connectivity index (χ3v) is 3.90. The molecule has 1 heterocycles. The second-order valence-electron chi connectivity index (χ2n) is 5.41. The topological polar surface area (TPSA) is 50.5 Å². The maximum atomic E-state index is 9.84. The van der Waals surface area contributed by atoms with Crippen molar-refractivity contribution in [2.24, 2.45) is 7.05 Å². The number of aliphatic hydroxyl groups excluding tert-OH is 1. The maximum absolute atomic E-state index is 9.84. The first-order valence-corrected chi connectivity index (χ1v) is 7.53. The largest absolute Gasteiger partial charge is 0.389 e. The molecule has 2 rings (SSSR count). The Hall–Kier alpha value is -1.40. The van der Waals surface area contributed by atoms with Crippen LogP contribution in [0.5, 0.6) is 0 Å². The number of rotatable bonds is 7. The summed E-state index contributed by atoms with van der Waals surface area (Å²) < 4.78 is 6.64. The van der Waals surface area contributed by atoms with Gasteiger partial charge in [-0.3, -0.25) is 9.58 Å². The summed E-state index contributed by atoms with van der Waals surface area (Å²) >= 11 is 6.39. The monoisotopic (exact) mass is 323 g/mol. The predicted octanol–water partition coefficient (Wildman–Crippen LogP) is 2.18. The predicted molar refractivity (Wildman–Crippen MR) is 87.9 cm³/mol. The molecule has 22 heavy (non-hydrogen) atoms. The second kappa shape index (κ2) is 7.74. The SMILES string of the molecule is COCC(O)CN(C)Cc1c(-c2ccccc2)nn(C)c1Cl. The number of methoxy groups -OCH3 is 1. The number of ether oxygens (including phenoxy) is 1. The molecule has 5 nitrogen and oxygen atoms in total. The smallest absolute Gasteiger partial charge is 0.131 e. The van der Waals surface area contributed by atoms with E-state index >= 15 is 0 Å². The van der Waals surface area contributed by atoms with Gasteiger partial charge in [-0.25, -0.2) is 0 Å². The molecule has 1 aromatic heterocycles. The average molecular weight is 324 g/mol. The molecule has 0 fully saturated rings. The lowest BCUT2D eigenvalue weighted by Crippen LogP contribution is -2.31. The number of aromatic nitrogens is 2. The molecule has 0 spiro atoms. The summed E-state index contributed by atoms with van der Waals surface area (Å²) in [5, 5.41) is 15.0. The Bertz CT molecular complexity index is 601. The van der Waals surface area contributed by atoms with Gasteiger partial charge in [-0.05, 0) is 7.05 Å². The molecule has 1 unspecified atom stereocenters. The second-order valence-corrected chi connectivity index (χ2v) is 5.77. The summed E-state index contributed by atoms with van der Waals surface area (Å²) in [5.74, 6) is 0. The van der Waals surface area contributed by atoms with Gasteiger partial charge < -0.3 is 9.84 Å². The highest BCUT2D eigenvalue weighted by atomic mass is 35.5. The van der Waals surface area contributed by atoms with E-state index in [1.807, 2.05) is 49.3 Å². The molecule has 0 aliphatic heterocycles. The average Bonchev–Trinajstić information content (AvgIpc) is 2.76.